The predicted molar refractivity (Wildman–Crippen MR) is 124 cm³/mol. The normalized spacial score (nSPS) is 30.4. The van der Waals surface area contributed by atoms with E-state index < -0.39 is 29.4 Å². The maximum absolute atomic E-state index is 13.7. The number of carboxylic acid groups (broad SMARTS) is 1. The lowest BCUT2D eigenvalue weighted by Crippen LogP contribution is -2.58. The zero-order chi connectivity index (χ0) is 23.8. The minimum Gasteiger partial charge on any atom is -0.497 e. The monoisotopic (exact) mass is 454 g/mol. The molecule has 0 bridgehead atoms. The van der Waals surface area contributed by atoms with Crippen LogP contribution in [0.15, 0.2) is 30.3 Å². The van der Waals surface area contributed by atoms with Crippen LogP contribution >= 0.6 is 0 Å². The van der Waals surface area contributed by atoms with Crippen molar-refractivity contribution >= 4 is 23.9 Å². The Labute approximate surface area is 195 Å². The van der Waals surface area contributed by atoms with Crippen molar-refractivity contribution in [2.45, 2.75) is 70.0 Å². The number of likely N-dealkylation sites (tertiary alicyclic amines) is 1. The lowest BCUT2D eigenvalue weighted by molar-refractivity contribution is -0.153. The molecule has 2 heterocycles. The fraction of sp³-hybridized carbons (Fsp3) is 0.577. The Balaban J connectivity index is 1.70. The second-order valence-electron chi connectivity index (χ2n) is 10.0. The molecule has 3 aliphatic rings. The Hall–Kier alpha value is -2.67. The first-order valence-corrected chi connectivity index (χ1v) is 12.0. The van der Waals surface area contributed by atoms with Gasteiger partial charge in [0, 0.05) is 12.1 Å². The number of imide groups is 1. The van der Waals surface area contributed by atoms with E-state index in [1.807, 2.05) is 50.3 Å². The van der Waals surface area contributed by atoms with E-state index in [4.69, 9.17) is 4.74 Å². The number of methoxy groups -OCH3 is 1. The first-order chi connectivity index (χ1) is 15.8. The smallest absolute Gasteiger partial charge is 0.324 e. The molecule has 1 aromatic rings. The lowest BCUT2D eigenvalue weighted by atomic mass is 9.75. The van der Waals surface area contributed by atoms with E-state index >= 15 is 0 Å². The van der Waals surface area contributed by atoms with E-state index in [9.17, 15) is 19.5 Å². The first kappa shape index (κ1) is 23.5. The molecule has 4 rings (SSSR count). The number of amides is 2. The second kappa shape index (κ2) is 9.29. The van der Waals surface area contributed by atoms with E-state index in [2.05, 4.69) is 5.32 Å². The number of aliphatic carboxylic acids is 1. The molecule has 2 saturated heterocycles. The number of hydrogen-bond acceptors (Lipinski definition) is 5. The summed E-state index contributed by atoms with van der Waals surface area (Å²) in [4.78, 5) is 41.3. The highest BCUT2D eigenvalue weighted by molar-refractivity contribution is 6.10. The molecule has 3 fully saturated rings. The third kappa shape index (κ3) is 4.19. The largest absolute Gasteiger partial charge is 0.497 e. The van der Waals surface area contributed by atoms with Gasteiger partial charge in [-0.3, -0.25) is 24.6 Å². The van der Waals surface area contributed by atoms with Crippen molar-refractivity contribution in [3.63, 3.8) is 0 Å². The van der Waals surface area contributed by atoms with Gasteiger partial charge in [-0.15, -0.1) is 0 Å². The van der Waals surface area contributed by atoms with Gasteiger partial charge in [0.05, 0.1) is 18.9 Å². The van der Waals surface area contributed by atoms with Crippen LogP contribution in [-0.2, 0) is 14.4 Å². The minimum absolute atomic E-state index is 0.0465. The maximum atomic E-state index is 13.7. The van der Waals surface area contributed by atoms with Crippen LogP contribution in [0.2, 0.25) is 0 Å². The summed E-state index contributed by atoms with van der Waals surface area (Å²) in [6, 6.07) is 6.85. The summed E-state index contributed by atoms with van der Waals surface area (Å²) in [6.07, 6.45) is 8.72. The van der Waals surface area contributed by atoms with Crippen LogP contribution < -0.4 is 10.1 Å². The van der Waals surface area contributed by atoms with Gasteiger partial charge in [0.1, 0.15) is 11.3 Å². The highest BCUT2D eigenvalue weighted by Crippen LogP contribution is 2.47. The summed E-state index contributed by atoms with van der Waals surface area (Å²) in [5.74, 6) is -2.40. The summed E-state index contributed by atoms with van der Waals surface area (Å²) in [5, 5.41) is 13.6. The van der Waals surface area contributed by atoms with Crippen LogP contribution in [-0.4, -0.2) is 52.5 Å². The third-order valence-electron chi connectivity index (χ3n) is 7.39. The number of carbonyl (C=O) groups excluding carboxylic acids is 2. The van der Waals surface area contributed by atoms with Gasteiger partial charge in [-0.25, -0.2) is 0 Å². The summed E-state index contributed by atoms with van der Waals surface area (Å²) < 4.78 is 5.20. The van der Waals surface area contributed by atoms with Crippen molar-refractivity contribution in [1.82, 2.24) is 10.2 Å². The quantitative estimate of drug-likeness (QED) is 0.613. The Bertz CT molecular complexity index is 935. The molecule has 7 heteroatoms. The highest BCUT2D eigenvalue weighted by atomic mass is 16.5. The second-order valence-corrected chi connectivity index (χ2v) is 10.0. The molecule has 1 saturated carbocycles. The Morgan fingerprint density at radius 1 is 1.18 bits per heavy atom. The van der Waals surface area contributed by atoms with E-state index in [0.29, 0.717) is 0 Å². The van der Waals surface area contributed by atoms with E-state index in [1.54, 1.807) is 7.11 Å². The Kier molecular flexibility index (Phi) is 6.61. The number of carbonyl (C=O) groups is 3. The fourth-order valence-electron chi connectivity index (χ4n) is 5.98. The number of nitrogens with zero attached hydrogens (tertiary/aromatic N) is 1. The summed E-state index contributed by atoms with van der Waals surface area (Å²) >= 11 is 0. The van der Waals surface area contributed by atoms with Gasteiger partial charge in [-0.2, -0.15) is 0 Å². The highest BCUT2D eigenvalue weighted by Gasteiger charge is 2.68. The molecule has 2 amide bonds. The molecule has 178 valence electrons. The average molecular weight is 455 g/mol. The predicted octanol–water partition coefficient (Wildman–Crippen LogP) is 3.48. The van der Waals surface area contributed by atoms with E-state index in [0.717, 1.165) is 43.4 Å². The van der Waals surface area contributed by atoms with Crippen LogP contribution in [0.25, 0.3) is 6.08 Å². The van der Waals surface area contributed by atoms with Gasteiger partial charge < -0.3 is 9.84 Å². The molecule has 0 radical (unpaired) electrons. The van der Waals surface area contributed by atoms with Crippen molar-refractivity contribution in [1.29, 1.82) is 0 Å². The SMILES string of the molecule is COc1ccc(/C=C\C2NC(CC(C)C)(C(=O)O)C3C(=O)N(C4CCCCC4)C(=O)C23)cc1. The first-order valence-electron chi connectivity index (χ1n) is 12.0. The van der Waals surface area contributed by atoms with Gasteiger partial charge in [0.25, 0.3) is 0 Å². The molecule has 4 atom stereocenters. The summed E-state index contributed by atoms with van der Waals surface area (Å²) in [6.45, 7) is 3.89. The summed E-state index contributed by atoms with van der Waals surface area (Å²) in [7, 11) is 1.61. The topological polar surface area (TPSA) is 95.9 Å². The lowest BCUT2D eigenvalue weighted by Gasteiger charge is -2.35. The Morgan fingerprint density at radius 3 is 2.42 bits per heavy atom. The van der Waals surface area contributed by atoms with Gasteiger partial charge in [-0.1, -0.05) is 57.4 Å². The average Bonchev–Trinajstić information content (AvgIpc) is 3.26. The van der Waals surface area contributed by atoms with Crippen LogP contribution in [0, 0.1) is 17.8 Å². The Morgan fingerprint density at radius 2 is 1.85 bits per heavy atom. The molecule has 33 heavy (non-hydrogen) atoms. The van der Waals surface area contributed by atoms with Gasteiger partial charge >= 0.3 is 5.97 Å². The number of benzene rings is 1. The molecule has 0 aromatic heterocycles. The molecule has 1 aromatic carbocycles. The van der Waals surface area contributed by atoms with Crippen molar-refractivity contribution in [3.8, 4) is 5.75 Å². The fourth-order valence-corrected chi connectivity index (χ4v) is 5.98. The molecular formula is C26H34N2O5. The number of fused-ring (bicyclic) bond motifs is 1. The molecule has 1 aliphatic carbocycles. The zero-order valence-corrected chi connectivity index (χ0v) is 19.6. The van der Waals surface area contributed by atoms with Gasteiger partial charge in [0.2, 0.25) is 11.8 Å². The van der Waals surface area contributed by atoms with Crippen LogP contribution in [0.3, 0.4) is 0 Å². The van der Waals surface area contributed by atoms with E-state index in [1.165, 1.54) is 4.90 Å². The molecule has 2 N–H and O–H groups in total. The van der Waals surface area contributed by atoms with Crippen LogP contribution in [0.1, 0.15) is 57.9 Å². The van der Waals surface area contributed by atoms with Crippen LogP contribution in [0.4, 0.5) is 0 Å². The molecular weight excluding hydrogens is 420 g/mol. The minimum atomic E-state index is -1.45. The van der Waals surface area contributed by atoms with Crippen LogP contribution in [0.5, 0.6) is 5.75 Å². The maximum Gasteiger partial charge on any atom is 0.324 e. The summed E-state index contributed by atoms with van der Waals surface area (Å²) in [5.41, 5.74) is -0.545. The number of carboxylic acids is 1. The van der Waals surface area contributed by atoms with Crippen molar-refractivity contribution < 1.29 is 24.2 Å². The van der Waals surface area contributed by atoms with Gasteiger partial charge in [0.15, 0.2) is 0 Å². The number of ether oxygens (including phenoxy) is 1. The van der Waals surface area contributed by atoms with Crippen molar-refractivity contribution in [2.24, 2.45) is 17.8 Å². The molecule has 7 nitrogen and oxygen atoms in total. The van der Waals surface area contributed by atoms with Crippen molar-refractivity contribution in [2.75, 3.05) is 7.11 Å². The number of rotatable bonds is 7. The number of nitrogens with one attached hydrogen (secondary N) is 1. The van der Waals surface area contributed by atoms with E-state index in [-0.39, 0.29) is 30.2 Å². The van der Waals surface area contributed by atoms with Gasteiger partial charge in [-0.05, 0) is 42.9 Å². The standard InChI is InChI=1S/C26H34N2O5/c1-16(2)15-26(25(31)32)22-21(23(29)28(24(22)30)18-7-5-4-6-8-18)20(27-26)14-11-17-9-12-19(33-3)13-10-17/h9-14,16,18,20-22,27H,4-8,15H2,1-3H3,(H,31,32)/b14-11-. The van der Waals surface area contributed by atoms with Crippen molar-refractivity contribution in [3.05, 3.63) is 35.9 Å². The number of hydrogen-bond donors (Lipinski definition) is 2. The molecule has 4 unspecified atom stereocenters. The zero-order valence-electron chi connectivity index (χ0n) is 19.6. The molecule has 0 spiro atoms. The third-order valence-corrected chi connectivity index (χ3v) is 7.39. The molecule has 2 aliphatic heterocycles.